The van der Waals surface area contributed by atoms with Crippen LogP contribution in [0.15, 0.2) is 18.2 Å². The minimum Gasteiger partial charge on any atom is -0.493 e. The van der Waals surface area contributed by atoms with Crippen molar-refractivity contribution in [3.63, 3.8) is 0 Å². The Morgan fingerprint density at radius 2 is 2.10 bits per heavy atom. The van der Waals surface area contributed by atoms with E-state index in [-0.39, 0.29) is 0 Å². The quantitative estimate of drug-likeness (QED) is 0.839. The second-order valence-electron chi connectivity index (χ2n) is 5.91. The van der Waals surface area contributed by atoms with Gasteiger partial charge in [0.15, 0.2) is 11.5 Å². The molecule has 1 fully saturated rings. The molecule has 0 bridgehead atoms. The van der Waals surface area contributed by atoms with Crippen LogP contribution in [-0.4, -0.2) is 33.5 Å². The average molecular weight is 293 g/mol. The number of ether oxygens (including phenoxy) is 3. The van der Waals surface area contributed by atoms with Crippen molar-refractivity contribution in [1.29, 1.82) is 0 Å². The maximum atomic E-state index is 5.83. The molecule has 1 aliphatic heterocycles. The third-order valence-corrected chi connectivity index (χ3v) is 4.13. The maximum absolute atomic E-state index is 5.83. The van der Waals surface area contributed by atoms with E-state index in [1.165, 1.54) is 0 Å². The summed E-state index contributed by atoms with van der Waals surface area (Å²) in [7, 11) is 3.35. The Morgan fingerprint density at radius 1 is 1.29 bits per heavy atom. The zero-order chi connectivity index (χ0) is 15.2. The van der Waals surface area contributed by atoms with Crippen molar-refractivity contribution in [1.82, 2.24) is 5.32 Å². The van der Waals surface area contributed by atoms with Crippen molar-refractivity contribution >= 4 is 0 Å². The Bertz CT molecular complexity index is 448. The van der Waals surface area contributed by atoms with Crippen LogP contribution in [0.2, 0.25) is 0 Å². The fourth-order valence-electron chi connectivity index (χ4n) is 3.10. The fraction of sp³-hybridized carbons (Fsp3) is 0.647. The molecule has 1 heterocycles. The molecule has 4 heteroatoms. The molecule has 1 saturated heterocycles. The van der Waals surface area contributed by atoms with E-state index in [1.54, 1.807) is 14.2 Å². The monoisotopic (exact) mass is 293 g/mol. The lowest BCUT2D eigenvalue weighted by Gasteiger charge is -2.22. The molecular weight excluding hydrogens is 266 g/mol. The number of hydrogen-bond donors (Lipinski definition) is 1. The summed E-state index contributed by atoms with van der Waals surface area (Å²) in [5.41, 5.74) is 1.12. The van der Waals surface area contributed by atoms with Gasteiger partial charge in [0, 0.05) is 25.3 Å². The number of benzene rings is 1. The standard InChI is InChI=1S/C17H27NO3/c1-12(2)16-14(8-9-21-16)11-18-10-13-6-5-7-15(19-3)17(13)20-4/h5-7,12,14,16,18H,8-11H2,1-4H3/t14-,16-/m1/s1. The first-order valence-corrected chi connectivity index (χ1v) is 7.69. The van der Waals surface area contributed by atoms with Gasteiger partial charge in [-0.25, -0.2) is 0 Å². The molecule has 0 radical (unpaired) electrons. The van der Waals surface area contributed by atoms with Crippen molar-refractivity contribution in [2.24, 2.45) is 11.8 Å². The highest BCUT2D eigenvalue weighted by atomic mass is 16.5. The molecule has 0 aliphatic carbocycles. The van der Waals surface area contributed by atoms with Crippen LogP contribution in [0.5, 0.6) is 11.5 Å². The Morgan fingerprint density at radius 3 is 2.76 bits per heavy atom. The SMILES string of the molecule is COc1cccc(CNC[C@H]2CCO[C@@H]2C(C)C)c1OC. The molecule has 2 atom stereocenters. The first-order valence-electron chi connectivity index (χ1n) is 7.69. The lowest BCUT2D eigenvalue weighted by atomic mass is 9.93. The Kier molecular flexibility index (Phi) is 5.88. The summed E-state index contributed by atoms with van der Waals surface area (Å²) in [6.45, 7) is 7.10. The smallest absolute Gasteiger partial charge is 0.165 e. The van der Waals surface area contributed by atoms with Crippen LogP contribution < -0.4 is 14.8 Å². The van der Waals surface area contributed by atoms with Gasteiger partial charge >= 0.3 is 0 Å². The number of hydrogen-bond acceptors (Lipinski definition) is 4. The summed E-state index contributed by atoms with van der Waals surface area (Å²) in [6.07, 6.45) is 1.52. The summed E-state index contributed by atoms with van der Waals surface area (Å²) in [6, 6.07) is 5.98. The van der Waals surface area contributed by atoms with E-state index in [1.807, 2.05) is 12.1 Å². The van der Waals surface area contributed by atoms with Gasteiger partial charge in [-0.05, 0) is 24.3 Å². The van der Waals surface area contributed by atoms with Gasteiger partial charge in [-0.1, -0.05) is 26.0 Å². The third-order valence-electron chi connectivity index (χ3n) is 4.13. The molecule has 2 rings (SSSR count). The maximum Gasteiger partial charge on any atom is 0.165 e. The fourth-order valence-corrected chi connectivity index (χ4v) is 3.10. The highest BCUT2D eigenvalue weighted by Crippen LogP contribution is 2.31. The van der Waals surface area contributed by atoms with Crippen LogP contribution in [0, 0.1) is 11.8 Å². The van der Waals surface area contributed by atoms with Gasteiger partial charge in [0.25, 0.3) is 0 Å². The van der Waals surface area contributed by atoms with Crippen molar-refractivity contribution in [2.75, 3.05) is 27.4 Å². The zero-order valence-electron chi connectivity index (χ0n) is 13.5. The van der Waals surface area contributed by atoms with Crippen molar-refractivity contribution in [3.05, 3.63) is 23.8 Å². The Labute approximate surface area is 127 Å². The van der Waals surface area contributed by atoms with Crippen molar-refractivity contribution in [2.45, 2.75) is 32.9 Å². The lowest BCUT2D eigenvalue weighted by Crippen LogP contribution is -2.31. The van der Waals surface area contributed by atoms with Crippen molar-refractivity contribution < 1.29 is 14.2 Å². The summed E-state index contributed by atoms with van der Waals surface area (Å²) in [5.74, 6) is 2.77. The molecule has 1 aromatic rings. The highest BCUT2D eigenvalue weighted by Gasteiger charge is 2.30. The zero-order valence-corrected chi connectivity index (χ0v) is 13.5. The molecule has 1 aromatic carbocycles. The van der Waals surface area contributed by atoms with E-state index in [4.69, 9.17) is 14.2 Å². The molecule has 21 heavy (non-hydrogen) atoms. The van der Waals surface area contributed by atoms with Crippen LogP contribution in [0.1, 0.15) is 25.8 Å². The van der Waals surface area contributed by atoms with Crippen LogP contribution in [-0.2, 0) is 11.3 Å². The third kappa shape index (κ3) is 3.89. The summed E-state index contributed by atoms with van der Waals surface area (Å²) < 4.78 is 16.6. The molecule has 0 spiro atoms. The van der Waals surface area contributed by atoms with Gasteiger partial charge in [0.1, 0.15) is 0 Å². The normalized spacial score (nSPS) is 21.8. The minimum absolute atomic E-state index is 0.379. The molecule has 4 nitrogen and oxygen atoms in total. The molecule has 118 valence electrons. The minimum atomic E-state index is 0.379. The van der Waals surface area contributed by atoms with Gasteiger partial charge in [0.2, 0.25) is 0 Å². The number of nitrogens with one attached hydrogen (secondary N) is 1. The van der Waals surface area contributed by atoms with Crippen LogP contribution >= 0.6 is 0 Å². The van der Waals surface area contributed by atoms with Gasteiger partial charge in [-0.2, -0.15) is 0 Å². The highest BCUT2D eigenvalue weighted by molar-refractivity contribution is 5.46. The predicted octanol–water partition coefficient (Wildman–Crippen LogP) is 2.85. The summed E-state index contributed by atoms with van der Waals surface area (Å²) in [4.78, 5) is 0. The second kappa shape index (κ2) is 7.66. The van der Waals surface area contributed by atoms with Gasteiger partial charge in [-0.15, -0.1) is 0 Å². The van der Waals surface area contributed by atoms with E-state index in [0.29, 0.717) is 17.9 Å². The van der Waals surface area contributed by atoms with E-state index < -0.39 is 0 Å². The Balaban J connectivity index is 1.92. The van der Waals surface area contributed by atoms with E-state index >= 15 is 0 Å². The first kappa shape index (κ1) is 16.1. The molecular formula is C17H27NO3. The number of rotatable bonds is 7. The number of para-hydroxylation sites is 1. The Hall–Kier alpha value is -1.26. The molecule has 0 saturated carbocycles. The molecule has 0 aromatic heterocycles. The van der Waals surface area contributed by atoms with Gasteiger partial charge < -0.3 is 19.5 Å². The van der Waals surface area contributed by atoms with Gasteiger partial charge in [0.05, 0.1) is 20.3 Å². The molecule has 1 N–H and O–H groups in total. The van der Waals surface area contributed by atoms with Gasteiger partial charge in [-0.3, -0.25) is 0 Å². The first-order chi connectivity index (χ1) is 10.2. The largest absolute Gasteiger partial charge is 0.493 e. The van der Waals surface area contributed by atoms with Crippen molar-refractivity contribution in [3.8, 4) is 11.5 Å². The second-order valence-corrected chi connectivity index (χ2v) is 5.91. The summed E-state index contributed by atoms with van der Waals surface area (Å²) in [5, 5.41) is 3.54. The predicted molar refractivity (Wildman–Crippen MR) is 83.9 cm³/mol. The van der Waals surface area contributed by atoms with Crippen LogP contribution in [0.25, 0.3) is 0 Å². The molecule has 0 unspecified atom stereocenters. The topological polar surface area (TPSA) is 39.7 Å². The van der Waals surface area contributed by atoms with E-state index in [9.17, 15) is 0 Å². The lowest BCUT2D eigenvalue weighted by molar-refractivity contribution is 0.0539. The van der Waals surface area contributed by atoms with Crippen LogP contribution in [0.3, 0.4) is 0 Å². The molecule has 1 aliphatic rings. The summed E-state index contributed by atoms with van der Waals surface area (Å²) >= 11 is 0. The van der Waals surface area contributed by atoms with Crippen LogP contribution in [0.4, 0.5) is 0 Å². The average Bonchev–Trinajstić information content (AvgIpc) is 2.95. The number of methoxy groups -OCH3 is 2. The van der Waals surface area contributed by atoms with E-state index in [0.717, 1.165) is 43.2 Å². The molecule has 0 amide bonds. The van der Waals surface area contributed by atoms with E-state index in [2.05, 4.69) is 25.2 Å².